The van der Waals surface area contributed by atoms with Crippen molar-refractivity contribution in [2.75, 3.05) is 32.6 Å². The molecule has 3 aromatic rings. The fraction of sp³-hybridized carbons (Fsp3) is 0.267. The molecule has 200 valence electrons. The Balaban J connectivity index is 1.45. The maximum Gasteiger partial charge on any atom is 0.264 e. The average molecular weight is 528 g/mol. The number of hydrogen-bond donors (Lipinski definition) is 1. The molecule has 0 spiro atoms. The monoisotopic (exact) mass is 527 g/mol. The van der Waals surface area contributed by atoms with Gasteiger partial charge in [-0.05, 0) is 56.9 Å². The fourth-order valence-electron chi connectivity index (χ4n) is 4.71. The van der Waals surface area contributed by atoms with Crippen LogP contribution in [-0.4, -0.2) is 66.5 Å². The lowest BCUT2D eigenvalue weighted by molar-refractivity contribution is -0.132. The summed E-state index contributed by atoms with van der Waals surface area (Å²) in [7, 11) is 3.94. The molecule has 1 aliphatic heterocycles. The van der Waals surface area contributed by atoms with Crippen LogP contribution in [0.2, 0.25) is 0 Å². The topological polar surface area (TPSA) is 105 Å². The molecule has 9 heteroatoms. The van der Waals surface area contributed by atoms with Crippen molar-refractivity contribution in [3.8, 4) is 17.2 Å². The maximum atomic E-state index is 13.5. The Kier molecular flexibility index (Phi) is 7.42. The van der Waals surface area contributed by atoms with E-state index in [0.29, 0.717) is 35.2 Å². The Morgan fingerprint density at radius 2 is 1.69 bits per heavy atom. The van der Waals surface area contributed by atoms with Crippen LogP contribution in [0.4, 0.5) is 11.4 Å². The van der Waals surface area contributed by atoms with E-state index in [4.69, 9.17) is 9.47 Å². The van der Waals surface area contributed by atoms with Gasteiger partial charge < -0.3 is 19.7 Å². The average Bonchev–Trinajstić information content (AvgIpc) is 3.16. The highest BCUT2D eigenvalue weighted by molar-refractivity contribution is 6.26. The number of anilines is 2. The lowest BCUT2D eigenvalue weighted by Gasteiger charge is -2.27. The summed E-state index contributed by atoms with van der Waals surface area (Å²) in [5.74, 6) is 0.0444. The summed E-state index contributed by atoms with van der Waals surface area (Å²) in [5, 5.41) is 3.26. The van der Waals surface area contributed by atoms with E-state index in [2.05, 4.69) is 5.32 Å². The minimum absolute atomic E-state index is 0.149. The second-order valence-corrected chi connectivity index (χ2v) is 9.79. The van der Waals surface area contributed by atoms with Crippen LogP contribution in [0.25, 0.3) is 0 Å². The first-order valence-electron chi connectivity index (χ1n) is 12.8. The van der Waals surface area contributed by atoms with E-state index >= 15 is 0 Å². The number of hydrogen-bond acceptors (Lipinski definition) is 8. The van der Waals surface area contributed by atoms with E-state index in [1.54, 1.807) is 36.4 Å². The van der Waals surface area contributed by atoms with Crippen molar-refractivity contribution in [2.24, 2.45) is 0 Å². The SMILES string of the molecule is CN(C)CCOc1ccc(Nc2cccc3c2C(=O)N(C2CCC(=O)CC2=O)C3=O)c(Oc2ccccc2)c1. The molecule has 2 amide bonds. The van der Waals surface area contributed by atoms with Crippen LogP contribution in [0.5, 0.6) is 17.2 Å². The largest absolute Gasteiger partial charge is 0.492 e. The number of likely N-dealkylation sites (N-methyl/N-ethyl adjacent to an activating group) is 1. The smallest absolute Gasteiger partial charge is 0.264 e. The minimum Gasteiger partial charge on any atom is -0.492 e. The molecule has 0 saturated heterocycles. The number of ether oxygens (including phenoxy) is 2. The van der Waals surface area contributed by atoms with Gasteiger partial charge in [-0.3, -0.25) is 24.1 Å². The maximum absolute atomic E-state index is 13.5. The van der Waals surface area contributed by atoms with Gasteiger partial charge in [0.05, 0.1) is 35.0 Å². The summed E-state index contributed by atoms with van der Waals surface area (Å²) in [5.41, 5.74) is 1.37. The zero-order valence-electron chi connectivity index (χ0n) is 21.8. The highest BCUT2D eigenvalue weighted by atomic mass is 16.5. The number of imide groups is 1. The molecule has 9 nitrogen and oxygen atoms in total. The zero-order chi connectivity index (χ0) is 27.5. The predicted molar refractivity (Wildman–Crippen MR) is 145 cm³/mol. The second kappa shape index (κ2) is 11.1. The summed E-state index contributed by atoms with van der Waals surface area (Å²) >= 11 is 0. The number of nitrogens with one attached hydrogen (secondary N) is 1. The molecule has 1 heterocycles. The molecule has 2 aliphatic rings. The molecule has 1 saturated carbocycles. The van der Waals surface area contributed by atoms with Crippen LogP contribution in [-0.2, 0) is 9.59 Å². The Morgan fingerprint density at radius 3 is 2.44 bits per heavy atom. The molecule has 5 rings (SSSR count). The lowest BCUT2D eigenvalue weighted by Crippen LogP contribution is -2.47. The first-order chi connectivity index (χ1) is 18.8. The predicted octanol–water partition coefficient (Wildman–Crippen LogP) is 4.45. The van der Waals surface area contributed by atoms with E-state index in [1.165, 1.54) is 0 Å². The quantitative estimate of drug-likeness (QED) is 0.322. The zero-order valence-corrected chi connectivity index (χ0v) is 21.8. The molecule has 1 N–H and O–H groups in total. The second-order valence-electron chi connectivity index (χ2n) is 9.79. The van der Waals surface area contributed by atoms with Crippen LogP contribution < -0.4 is 14.8 Å². The van der Waals surface area contributed by atoms with E-state index in [9.17, 15) is 19.2 Å². The number of nitrogens with zero attached hydrogens (tertiary/aromatic N) is 2. The van der Waals surface area contributed by atoms with Crippen molar-refractivity contribution < 1.29 is 28.7 Å². The van der Waals surface area contributed by atoms with E-state index in [1.807, 2.05) is 49.3 Å². The molecule has 0 aromatic heterocycles. The number of amides is 2. The Morgan fingerprint density at radius 1 is 0.897 bits per heavy atom. The van der Waals surface area contributed by atoms with E-state index < -0.39 is 23.6 Å². The molecule has 1 aliphatic carbocycles. The molecule has 0 radical (unpaired) electrons. The Labute approximate surface area is 226 Å². The molecular weight excluding hydrogens is 498 g/mol. The van der Waals surface area contributed by atoms with Crippen LogP contribution in [0, 0.1) is 0 Å². The summed E-state index contributed by atoms with van der Waals surface area (Å²) in [6.45, 7) is 1.24. The van der Waals surface area contributed by atoms with E-state index in [0.717, 1.165) is 11.4 Å². The van der Waals surface area contributed by atoms with Gasteiger partial charge in [-0.25, -0.2) is 0 Å². The van der Waals surface area contributed by atoms with Gasteiger partial charge in [0.15, 0.2) is 11.5 Å². The normalized spacial score (nSPS) is 17.0. The summed E-state index contributed by atoms with van der Waals surface area (Å²) in [6.07, 6.45) is 0.0562. The van der Waals surface area contributed by atoms with Gasteiger partial charge in [-0.1, -0.05) is 24.3 Å². The third-order valence-electron chi connectivity index (χ3n) is 6.70. The molecule has 39 heavy (non-hydrogen) atoms. The standard InChI is InChI=1S/C30H29N3O6/c1-32(2)15-16-38-21-12-13-23(27(18-21)39-20-7-4-3-5-8-20)31-24-10-6-9-22-28(24)30(37)33(29(22)36)25-14-11-19(34)17-26(25)35/h3-10,12-13,18,25,31H,11,14-17H2,1-2H3. The van der Waals surface area contributed by atoms with Crippen LogP contribution in [0.15, 0.2) is 66.7 Å². The number of carbonyl (C=O) groups is 4. The number of ketones is 2. The number of carbonyl (C=O) groups excluding carboxylic acids is 4. The van der Waals surface area contributed by atoms with Crippen molar-refractivity contribution in [3.05, 3.63) is 77.9 Å². The van der Waals surface area contributed by atoms with Gasteiger partial charge in [0.1, 0.15) is 23.9 Å². The molecule has 1 fully saturated rings. The highest BCUT2D eigenvalue weighted by Crippen LogP contribution is 2.39. The van der Waals surface area contributed by atoms with Gasteiger partial charge in [-0.15, -0.1) is 0 Å². The summed E-state index contributed by atoms with van der Waals surface area (Å²) in [6, 6.07) is 18.7. The number of benzene rings is 3. The first-order valence-corrected chi connectivity index (χ1v) is 12.8. The van der Waals surface area contributed by atoms with Crippen LogP contribution >= 0.6 is 0 Å². The van der Waals surface area contributed by atoms with Crippen molar-refractivity contribution >= 4 is 34.8 Å². The summed E-state index contributed by atoms with van der Waals surface area (Å²) < 4.78 is 12.1. The third kappa shape index (κ3) is 5.53. The van der Waals surface area contributed by atoms with Crippen molar-refractivity contribution in [1.82, 2.24) is 9.80 Å². The van der Waals surface area contributed by atoms with Gasteiger partial charge in [0.2, 0.25) is 0 Å². The third-order valence-corrected chi connectivity index (χ3v) is 6.70. The number of rotatable bonds is 9. The minimum atomic E-state index is -0.932. The van der Waals surface area contributed by atoms with Gasteiger partial charge in [0, 0.05) is 19.0 Å². The Hall–Kier alpha value is -4.50. The van der Waals surface area contributed by atoms with Crippen molar-refractivity contribution in [2.45, 2.75) is 25.3 Å². The van der Waals surface area contributed by atoms with Crippen molar-refractivity contribution in [1.29, 1.82) is 0 Å². The molecule has 3 aromatic carbocycles. The van der Waals surface area contributed by atoms with E-state index in [-0.39, 0.29) is 36.2 Å². The highest BCUT2D eigenvalue weighted by Gasteiger charge is 2.45. The fourth-order valence-corrected chi connectivity index (χ4v) is 4.71. The van der Waals surface area contributed by atoms with Gasteiger partial charge in [-0.2, -0.15) is 0 Å². The molecular formula is C30H29N3O6. The lowest BCUT2D eigenvalue weighted by atomic mass is 9.92. The molecule has 0 bridgehead atoms. The first kappa shape index (κ1) is 26.1. The summed E-state index contributed by atoms with van der Waals surface area (Å²) in [4.78, 5) is 54.0. The van der Waals surface area contributed by atoms with Gasteiger partial charge >= 0.3 is 0 Å². The Bertz CT molecular complexity index is 1440. The molecule has 1 unspecified atom stereocenters. The number of para-hydroxylation sites is 1. The van der Waals surface area contributed by atoms with Crippen LogP contribution in [0.3, 0.4) is 0 Å². The molecule has 1 atom stereocenters. The van der Waals surface area contributed by atoms with Crippen LogP contribution in [0.1, 0.15) is 40.0 Å². The number of fused-ring (bicyclic) bond motifs is 1. The number of Topliss-reactive ketones (excluding diaryl/α,β-unsaturated/α-hetero) is 2. The van der Waals surface area contributed by atoms with Gasteiger partial charge in [0.25, 0.3) is 11.8 Å². The van der Waals surface area contributed by atoms with Crippen molar-refractivity contribution in [3.63, 3.8) is 0 Å².